The van der Waals surface area contributed by atoms with E-state index in [1.54, 1.807) is 18.0 Å². The highest BCUT2D eigenvalue weighted by molar-refractivity contribution is 7.89. The number of methoxy groups -OCH3 is 2. The molecular weight excluding hydrogens is 413 g/mol. The number of amides is 1. The number of hydrogen-bond donors (Lipinski definition) is 1. The smallest absolute Gasteiger partial charge is 0.242 e. The lowest BCUT2D eigenvalue weighted by Crippen LogP contribution is -2.30. The molecule has 0 aromatic heterocycles. The van der Waals surface area contributed by atoms with Crippen LogP contribution >= 0.6 is 0 Å². The lowest BCUT2D eigenvalue weighted by atomic mass is 10.2. The number of likely N-dealkylation sites (N-methyl/N-ethyl adjacent to an activating group) is 1. The van der Waals surface area contributed by atoms with Crippen LogP contribution in [0.15, 0.2) is 41.3 Å². The van der Waals surface area contributed by atoms with E-state index < -0.39 is 15.8 Å². The number of carbonyl (C=O) groups is 1. The Morgan fingerprint density at radius 3 is 2.23 bits per heavy atom. The Morgan fingerprint density at radius 2 is 1.67 bits per heavy atom. The van der Waals surface area contributed by atoms with Crippen molar-refractivity contribution in [3.05, 3.63) is 47.8 Å². The monoisotopic (exact) mass is 439 g/mol. The molecule has 0 saturated heterocycles. The third-order valence-corrected chi connectivity index (χ3v) is 6.12. The molecule has 1 N–H and O–H groups in total. The van der Waals surface area contributed by atoms with E-state index in [-0.39, 0.29) is 28.8 Å². The van der Waals surface area contributed by atoms with Crippen molar-refractivity contribution in [2.24, 2.45) is 0 Å². The molecule has 30 heavy (non-hydrogen) atoms. The Labute approximate surface area is 176 Å². The predicted molar refractivity (Wildman–Crippen MR) is 112 cm³/mol. The molecule has 0 aliphatic carbocycles. The minimum atomic E-state index is -3.66. The molecule has 0 bridgehead atoms. The number of hydrogen-bond acceptors (Lipinski definition) is 6. The maximum absolute atomic E-state index is 13.8. The van der Waals surface area contributed by atoms with Crippen LogP contribution < -0.4 is 14.8 Å². The van der Waals surface area contributed by atoms with Gasteiger partial charge in [0.2, 0.25) is 15.9 Å². The molecule has 8 nitrogen and oxygen atoms in total. The van der Waals surface area contributed by atoms with Crippen LogP contribution in [0.1, 0.15) is 5.56 Å². The molecule has 10 heteroatoms. The van der Waals surface area contributed by atoms with Gasteiger partial charge in [-0.15, -0.1) is 0 Å². The summed E-state index contributed by atoms with van der Waals surface area (Å²) in [6.45, 7) is 0.335. The van der Waals surface area contributed by atoms with E-state index in [2.05, 4.69) is 5.32 Å². The normalized spacial score (nSPS) is 11.6. The lowest BCUT2D eigenvalue weighted by Gasteiger charge is -2.18. The van der Waals surface area contributed by atoms with E-state index in [9.17, 15) is 17.6 Å². The molecule has 0 aliphatic heterocycles. The van der Waals surface area contributed by atoms with Gasteiger partial charge in [-0.25, -0.2) is 17.1 Å². The summed E-state index contributed by atoms with van der Waals surface area (Å²) >= 11 is 0. The fraction of sp³-hybridized carbons (Fsp3) is 0.350. The van der Waals surface area contributed by atoms with E-state index in [1.807, 2.05) is 0 Å². The van der Waals surface area contributed by atoms with E-state index in [4.69, 9.17) is 9.47 Å². The summed E-state index contributed by atoms with van der Waals surface area (Å²) in [6, 6.07) is 8.84. The van der Waals surface area contributed by atoms with Gasteiger partial charge < -0.3 is 14.8 Å². The topological polar surface area (TPSA) is 88.2 Å². The first-order valence-electron chi connectivity index (χ1n) is 9.00. The number of anilines is 1. The van der Waals surface area contributed by atoms with E-state index in [1.165, 1.54) is 58.6 Å². The van der Waals surface area contributed by atoms with E-state index >= 15 is 0 Å². The Hall–Kier alpha value is -2.69. The second-order valence-electron chi connectivity index (χ2n) is 6.84. The molecular formula is C20H26FN3O5S. The average molecular weight is 440 g/mol. The zero-order chi connectivity index (χ0) is 22.5. The largest absolute Gasteiger partial charge is 0.495 e. The van der Waals surface area contributed by atoms with Crippen LogP contribution in [0.25, 0.3) is 0 Å². The van der Waals surface area contributed by atoms with Crippen molar-refractivity contribution in [3.63, 3.8) is 0 Å². The Bertz CT molecular complexity index is 1010. The molecule has 0 aliphatic rings. The summed E-state index contributed by atoms with van der Waals surface area (Å²) in [7, 11) is 3.72. The summed E-state index contributed by atoms with van der Waals surface area (Å²) in [5, 5.41) is 2.68. The summed E-state index contributed by atoms with van der Waals surface area (Å²) in [5.41, 5.74) is 0.926. The van der Waals surface area contributed by atoms with Gasteiger partial charge in [-0.1, -0.05) is 6.07 Å². The van der Waals surface area contributed by atoms with Gasteiger partial charge in [-0.3, -0.25) is 9.69 Å². The first-order valence-corrected chi connectivity index (χ1v) is 10.4. The molecule has 164 valence electrons. The Balaban J connectivity index is 2.10. The van der Waals surface area contributed by atoms with Crippen molar-refractivity contribution < 1.29 is 27.1 Å². The van der Waals surface area contributed by atoms with Crippen LogP contribution in [-0.4, -0.2) is 65.4 Å². The van der Waals surface area contributed by atoms with Gasteiger partial charge in [0.1, 0.15) is 5.75 Å². The molecule has 0 fully saturated rings. The first-order chi connectivity index (χ1) is 14.1. The number of ether oxygens (including phenoxy) is 2. The van der Waals surface area contributed by atoms with Crippen LogP contribution in [0.5, 0.6) is 11.5 Å². The zero-order valence-corrected chi connectivity index (χ0v) is 18.4. The van der Waals surface area contributed by atoms with Crippen LogP contribution in [-0.2, 0) is 21.4 Å². The van der Waals surface area contributed by atoms with Crippen LogP contribution in [0.2, 0.25) is 0 Å². The standard InChI is InChI=1S/C20H26FN3O5S/c1-23(2)30(26,27)15-7-9-19(29-5)17(11-15)22-20(25)13-24(3)12-14-6-8-18(28-4)16(21)10-14/h6-11H,12-13H2,1-5H3,(H,22,25). The second-order valence-corrected chi connectivity index (χ2v) is 8.99. The number of nitrogens with zero attached hydrogens (tertiary/aromatic N) is 2. The van der Waals surface area contributed by atoms with Crippen molar-refractivity contribution in [2.45, 2.75) is 11.4 Å². The van der Waals surface area contributed by atoms with Crippen molar-refractivity contribution >= 4 is 21.6 Å². The molecule has 2 aromatic rings. The maximum atomic E-state index is 13.8. The summed E-state index contributed by atoms with van der Waals surface area (Å²) in [6.07, 6.45) is 0. The van der Waals surface area contributed by atoms with Crippen molar-refractivity contribution in [1.29, 1.82) is 0 Å². The number of halogens is 1. The fourth-order valence-electron chi connectivity index (χ4n) is 2.77. The molecule has 0 radical (unpaired) electrons. The molecule has 0 heterocycles. The van der Waals surface area contributed by atoms with Crippen LogP contribution in [0, 0.1) is 5.82 Å². The van der Waals surface area contributed by atoms with Gasteiger partial charge in [0.15, 0.2) is 11.6 Å². The number of sulfonamides is 1. The summed E-state index contributed by atoms with van der Waals surface area (Å²) in [5.74, 6) is -0.361. The van der Waals surface area contributed by atoms with Gasteiger partial charge in [-0.2, -0.15) is 0 Å². The van der Waals surface area contributed by atoms with Crippen molar-refractivity contribution in [1.82, 2.24) is 9.21 Å². The Morgan fingerprint density at radius 1 is 1.03 bits per heavy atom. The minimum Gasteiger partial charge on any atom is -0.495 e. The number of benzene rings is 2. The number of carbonyl (C=O) groups excluding carboxylic acids is 1. The first kappa shape index (κ1) is 23.6. The third-order valence-electron chi connectivity index (χ3n) is 4.31. The van der Waals surface area contributed by atoms with Crippen LogP contribution in [0.3, 0.4) is 0 Å². The molecule has 0 unspecified atom stereocenters. The van der Waals surface area contributed by atoms with E-state index in [0.29, 0.717) is 17.9 Å². The van der Waals surface area contributed by atoms with Gasteiger partial charge in [0, 0.05) is 20.6 Å². The highest BCUT2D eigenvalue weighted by atomic mass is 32.2. The summed E-state index contributed by atoms with van der Waals surface area (Å²) < 4.78 is 49.7. The summed E-state index contributed by atoms with van der Waals surface area (Å²) in [4.78, 5) is 14.2. The van der Waals surface area contributed by atoms with Gasteiger partial charge in [-0.05, 0) is 42.9 Å². The highest BCUT2D eigenvalue weighted by Crippen LogP contribution is 2.28. The SMILES string of the molecule is COc1ccc(CN(C)CC(=O)Nc2cc(S(=O)(=O)N(C)C)ccc2OC)cc1F. The lowest BCUT2D eigenvalue weighted by molar-refractivity contribution is -0.117. The van der Waals surface area contributed by atoms with Gasteiger partial charge in [0.25, 0.3) is 0 Å². The molecule has 2 aromatic carbocycles. The molecule has 0 spiro atoms. The quantitative estimate of drug-likeness (QED) is 0.644. The molecule has 0 saturated carbocycles. The van der Waals surface area contributed by atoms with E-state index in [0.717, 1.165) is 4.31 Å². The van der Waals surface area contributed by atoms with Crippen LogP contribution in [0.4, 0.5) is 10.1 Å². The van der Waals surface area contributed by atoms with Crippen molar-refractivity contribution in [2.75, 3.05) is 47.2 Å². The fourth-order valence-corrected chi connectivity index (χ4v) is 3.70. The number of nitrogens with one attached hydrogen (secondary N) is 1. The molecule has 2 rings (SSSR count). The average Bonchev–Trinajstić information content (AvgIpc) is 2.67. The third kappa shape index (κ3) is 5.68. The number of rotatable bonds is 9. The Kier molecular flexibility index (Phi) is 7.77. The minimum absolute atomic E-state index is 0.00145. The zero-order valence-electron chi connectivity index (χ0n) is 17.6. The molecule has 0 atom stereocenters. The maximum Gasteiger partial charge on any atom is 0.242 e. The molecule has 1 amide bonds. The second kappa shape index (κ2) is 9.88. The van der Waals surface area contributed by atoms with Crippen molar-refractivity contribution in [3.8, 4) is 11.5 Å². The highest BCUT2D eigenvalue weighted by Gasteiger charge is 2.20. The van der Waals surface area contributed by atoms with Gasteiger partial charge in [0.05, 0.1) is 31.3 Å². The van der Waals surface area contributed by atoms with Gasteiger partial charge >= 0.3 is 0 Å². The predicted octanol–water partition coefficient (Wildman–Crippen LogP) is 2.16.